The first kappa shape index (κ1) is 37.2. The number of hydrogen-bond acceptors (Lipinski definition) is 7. The molecule has 2 atom stereocenters. The third kappa shape index (κ3) is 7.67. The predicted molar refractivity (Wildman–Crippen MR) is 179 cm³/mol. The third-order valence-electron chi connectivity index (χ3n) is 8.54. The molecular formula is C33H35ClF5N9O3. The van der Waals surface area contributed by atoms with Crippen molar-refractivity contribution in [1.29, 1.82) is 5.41 Å². The van der Waals surface area contributed by atoms with Crippen molar-refractivity contribution in [3.8, 4) is 11.1 Å². The second-order valence-electron chi connectivity index (χ2n) is 13.4. The lowest BCUT2D eigenvalue weighted by Crippen LogP contribution is -2.56. The molecule has 0 bridgehead atoms. The average Bonchev–Trinajstić information content (AvgIpc) is 3.60. The van der Waals surface area contributed by atoms with Crippen LogP contribution in [0.15, 0.2) is 64.8 Å². The average molecular weight is 736 g/mol. The molecule has 0 saturated carbocycles. The van der Waals surface area contributed by atoms with Gasteiger partial charge in [-0.1, -0.05) is 62.7 Å². The van der Waals surface area contributed by atoms with Crippen LogP contribution in [-0.2, 0) is 15.1 Å². The van der Waals surface area contributed by atoms with Crippen molar-refractivity contribution in [2.75, 3.05) is 19.7 Å². The van der Waals surface area contributed by atoms with Gasteiger partial charge in [-0.3, -0.25) is 15.1 Å². The largest absolute Gasteiger partial charge is 0.447 e. The summed E-state index contributed by atoms with van der Waals surface area (Å²) in [5.41, 5.74) is 12.4. The van der Waals surface area contributed by atoms with Crippen LogP contribution < -0.4 is 11.5 Å². The van der Waals surface area contributed by atoms with E-state index < -0.39 is 67.3 Å². The summed E-state index contributed by atoms with van der Waals surface area (Å²) in [7, 11) is 0. The molecule has 2 aliphatic rings. The van der Waals surface area contributed by atoms with Gasteiger partial charge in [0.25, 0.3) is 5.91 Å². The maximum atomic E-state index is 14.8. The van der Waals surface area contributed by atoms with Gasteiger partial charge in [-0.05, 0) is 40.7 Å². The van der Waals surface area contributed by atoms with Crippen LogP contribution >= 0.6 is 11.6 Å². The standard InChI is InChI=1S/C33H35ClF5N9O3/c1-31(2,3)16-32(21-7-4-18(5-8-21)20-11-44-47(12-20)28(35)36)27(49)48(29(42)45-32)25(15-51-30(50)46-13-22(14-46)33(37,38)39)19-6-9-24(34)23(10-19)26(41)43-17-40/h4-12,17,22,25,28H,13-16H2,1-3H3,(H2,42,45)(H3,40,41,43)/t25?,32-/m1/s1. The highest BCUT2D eigenvalue weighted by atomic mass is 35.5. The van der Waals surface area contributed by atoms with Gasteiger partial charge in [-0.2, -0.15) is 27.1 Å². The highest BCUT2D eigenvalue weighted by Crippen LogP contribution is 2.45. The Morgan fingerprint density at radius 3 is 2.39 bits per heavy atom. The van der Waals surface area contributed by atoms with E-state index in [1.54, 1.807) is 24.3 Å². The summed E-state index contributed by atoms with van der Waals surface area (Å²) in [4.78, 5) is 38.2. The fourth-order valence-electron chi connectivity index (χ4n) is 6.09. The number of benzene rings is 2. The van der Waals surface area contributed by atoms with E-state index in [9.17, 15) is 31.5 Å². The van der Waals surface area contributed by atoms with Crippen LogP contribution in [0, 0.1) is 16.7 Å². The van der Waals surface area contributed by atoms with E-state index in [0.717, 1.165) is 9.80 Å². The zero-order valence-electron chi connectivity index (χ0n) is 27.7. The molecule has 18 heteroatoms. The van der Waals surface area contributed by atoms with E-state index in [1.165, 1.54) is 30.6 Å². The van der Waals surface area contributed by atoms with E-state index in [4.69, 9.17) is 38.2 Å². The molecule has 5 rings (SSSR count). The Bertz CT molecular complexity index is 1870. The van der Waals surface area contributed by atoms with Gasteiger partial charge in [0.15, 0.2) is 11.5 Å². The Hall–Kier alpha value is -5.06. The number of carbonyl (C=O) groups excluding carboxylic acids is 2. The van der Waals surface area contributed by atoms with Gasteiger partial charge in [-0.15, -0.1) is 0 Å². The lowest BCUT2D eigenvalue weighted by molar-refractivity contribution is -0.204. The second kappa shape index (κ2) is 13.9. The SMILES string of the molecule is CC(C)(C)C[C@]1(c2ccc(-c3cnn(C(F)F)c3)cc2)N=C(N)N(C(COC(=O)N2CC(C(F)(F)F)C2)c2ccc(Cl)c(C(N)=NC=N)c2)C1=O. The molecule has 1 saturated heterocycles. The van der Waals surface area contributed by atoms with E-state index >= 15 is 0 Å². The Balaban J connectivity index is 1.53. The highest BCUT2D eigenvalue weighted by Gasteiger charge is 2.54. The number of nitrogens with zero attached hydrogens (tertiary/aromatic N) is 6. The van der Waals surface area contributed by atoms with Crippen molar-refractivity contribution in [3.05, 3.63) is 76.6 Å². The van der Waals surface area contributed by atoms with Crippen molar-refractivity contribution in [3.63, 3.8) is 0 Å². The number of nitrogens with one attached hydrogen (secondary N) is 1. The maximum absolute atomic E-state index is 14.8. The predicted octanol–water partition coefficient (Wildman–Crippen LogP) is 6.07. The van der Waals surface area contributed by atoms with Crippen molar-refractivity contribution in [1.82, 2.24) is 19.6 Å². The first-order valence-corrected chi connectivity index (χ1v) is 15.9. The zero-order chi connectivity index (χ0) is 37.5. The fourth-order valence-corrected chi connectivity index (χ4v) is 6.30. The topological polar surface area (TPSA) is 168 Å². The first-order chi connectivity index (χ1) is 23.8. The molecule has 0 spiro atoms. The van der Waals surface area contributed by atoms with Crippen molar-refractivity contribution < 1.29 is 36.3 Å². The van der Waals surface area contributed by atoms with Gasteiger partial charge >= 0.3 is 18.8 Å². The molecule has 3 aromatic rings. The molecule has 5 N–H and O–H groups in total. The fraction of sp³-hybridized carbons (Fsp3) is 0.394. The summed E-state index contributed by atoms with van der Waals surface area (Å²) in [6, 6.07) is 9.87. The molecular weight excluding hydrogens is 701 g/mol. The monoisotopic (exact) mass is 735 g/mol. The van der Waals surface area contributed by atoms with Crippen LogP contribution in [0.4, 0.5) is 26.7 Å². The summed E-state index contributed by atoms with van der Waals surface area (Å²) in [6.45, 7) is 1.19. The van der Waals surface area contributed by atoms with Crippen molar-refractivity contribution in [2.24, 2.45) is 32.8 Å². The molecule has 272 valence electrons. The number of nitrogens with two attached hydrogens (primary N) is 2. The zero-order valence-corrected chi connectivity index (χ0v) is 28.4. The van der Waals surface area contributed by atoms with Gasteiger partial charge in [0.2, 0.25) is 0 Å². The van der Waals surface area contributed by atoms with E-state index in [2.05, 4.69) is 10.1 Å². The van der Waals surface area contributed by atoms with Crippen LogP contribution in [0.1, 0.15) is 56.5 Å². The Labute approximate surface area is 294 Å². The molecule has 2 aliphatic heterocycles. The molecule has 51 heavy (non-hydrogen) atoms. The molecule has 3 heterocycles. The van der Waals surface area contributed by atoms with E-state index in [-0.39, 0.29) is 28.8 Å². The number of hydrogen-bond donors (Lipinski definition) is 3. The van der Waals surface area contributed by atoms with Crippen LogP contribution in [0.2, 0.25) is 5.02 Å². The number of guanidine groups is 1. The molecule has 1 fully saturated rings. The summed E-state index contributed by atoms with van der Waals surface area (Å²) < 4.78 is 71.6. The molecule has 2 aromatic carbocycles. The minimum atomic E-state index is -4.47. The minimum Gasteiger partial charge on any atom is -0.447 e. The smallest absolute Gasteiger partial charge is 0.409 e. The summed E-state index contributed by atoms with van der Waals surface area (Å²) in [6.07, 6.45) is -2.13. The first-order valence-electron chi connectivity index (χ1n) is 15.6. The lowest BCUT2D eigenvalue weighted by atomic mass is 9.75. The molecule has 12 nitrogen and oxygen atoms in total. The van der Waals surface area contributed by atoms with Gasteiger partial charge in [-0.25, -0.2) is 19.5 Å². The Morgan fingerprint density at radius 1 is 1.16 bits per heavy atom. The minimum absolute atomic E-state index is 0.123. The number of aromatic nitrogens is 2. The van der Waals surface area contributed by atoms with E-state index in [1.807, 2.05) is 20.8 Å². The Kier molecular flexibility index (Phi) is 10.2. The summed E-state index contributed by atoms with van der Waals surface area (Å²) in [5.74, 6) is -2.62. The summed E-state index contributed by atoms with van der Waals surface area (Å²) >= 11 is 6.37. The maximum Gasteiger partial charge on any atom is 0.409 e. The van der Waals surface area contributed by atoms with E-state index in [0.29, 0.717) is 33.3 Å². The van der Waals surface area contributed by atoms with Crippen LogP contribution in [0.5, 0.6) is 0 Å². The number of amides is 2. The van der Waals surface area contributed by atoms with Crippen molar-refractivity contribution in [2.45, 2.75) is 51.5 Å². The molecule has 1 aromatic heterocycles. The quantitative estimate of drug-likeness (QED) is 0.130. The number of carbonyl (C=O) groups is 2. The van der Waals surface area contributed by atoms with Crippen LogP contribution in [-0.4, -0.2) is 75.6 Å². The molecule has 1 unspecified atom stereocenters. The number of aliphatic imine (C=N–C) groups is 2. The Morgan fingerprint density at radius 2 is 1.82 bits per heavy atom. The highest BCUT2D eigenvalue weighted by molar-refractivity contribution is 6.34. The molecule has 0 aliphatic carbocycles. The normalized spacial score (nSPS) is 19.3. The summed E-state index contributed by atoms with van der Waals surface area (Å²) in [5, 5.41) is 11.1. The van der Waals surface area contributed by atoms with Gasteiger partial charge in [0, 0.05) is 30.4 Å². The number of ether oxygens (including phenoxy) is 1. The van der Waals surface area contributed by atoms with Gasteiger partial charge in [0.1, 0.15) is 18.8 Å². The number of alkyl halides is 5. The number of halogens is 6. The number of likely N-dealkylation sites (tertiary alicyclic amines) is 1. The lowest BCUT2D eigenvalue weighted by Gasteiger charge is -2.39. The van der Waals surface area contributed by atoms with Crippen LogP contribution in [0.25, 0.3) is 11.1 Å². The third-order valence-corrected chi connectivity index (χ3v) is 8.87. The van der Waals surface area contributed by atoms with Crippen molar-refractivity contribution >= 4 is 41.7 Å². The van der Waals surface area contributed by atoms with Gasteiger partial charge < -0.3 is 21.1 Å². The second-order valence-corrected chi connectivity index (χ2v) is 13.8. The number of amidine groups is 1. The molecule has 0 radical (unpaired) electrons. The number of rotatable bonds is 10. The molecule has 2 amide bonds. The van der Waals surface area contributed by atoms with Crippen LogP contribution in [0.3, 0.4) is 0 Å². The van der Waals surface area contributed by atoms with Gasteiger partial charge in [0.05, 0.1) is 23.2 Å².